The number of alkyl halides is 2. The topological polar surface area (TPSA) is 69.0 Å². The lowest BCUT2D eigenvalue weighted by Crippen LogP contribution is -2.15. The van der Waals surface area contributed by atoms with Crippen molar-refractivity contribution in [2.45, 2.75) is 18.3 Å². The lowest BCUT2D eigenvalue weighted by atomic mass is 10.2. The molecule has 0 saturated heterocycles. The summed E-state index contributed by atoms with van der Waals surface area (Å²) in [5.74, 6) is 0.431. The van der Waals surface area contributed by atoms with Crippen LogP contribution in [0.3, 0.4) is 0 Å². The molecule has 0 unspecified atom stereocenters. The molecule has 0 fully saturated rings. The molecule has 156 valence electrons. The molecule has 0 aliphatic rings. The van der Waals surface area contributed by atoms with E-state index < -0.39 is 6.61 Å². The average molecular weight is 451 g/mol. The van der Waals surface area contributed by atoms with Gasteiger partial charge < -0.3 is 10.1 Å². The highest BCUT2D eigenvalue weighted by Crippen LogP contribution is 2.27. The van der Waals surface area contributed by atoms with Crippen LogP contribution >= 0.6 is 23.4 Å². The number of anilines is 1. The van der Waals surface area contributed by atoms with Crippen molar-refractivity contribution in [3.05, 3.63) is 66.2 Å². The third-order valence-electron chi connectivity index (χ3n) is 3.85. The maximum absolute atomic E-state index is 12.3. The first kappa shape index (κ1) is 21.8. The van der Waals surface area contributed by atoms with E-state index in [9.17, 15) is 13.6 Å². The Labute approximate surface area is 180 Å². The average Bonchev–Trinajstić information content (AvgIpc) is 3.11. The number of hydrogen-bond donors (Lipinski definition) is 1. The molecule has 1 amide bonds. The van der Waals surface area contributed by atoms with Crippen LogP contribution in [0.1, 0.15) is 0 Å². The van der Waals surface area contributed by atoms with Crippen LogP contribution in [0.25, 0.3) is 11.4 Å². The predicted octanol–water partition coefficient (Wildman–Crippen LogP) is 5.12. The van der Waals surface area contributed by atoms with E-state index in [4.69, 9.17) is 11.6 Å². The van der Waals surface area contributed by atoms with Gasteiger partial charge in [0.15, 0.2) is 11.0 Å². The molecule has 3 rings (SSSR count). The highest BCUT2D eigenvalue weighted by molar-refractivity contribution is 7.99. The van der Waals surface area contributed by atoms with E-state index in [1.54, 1.807) is 47.0 Å². The van der Waals surface area contributed by atoms with Crippen molar-refractivity contribution in [3.63, 3.8) is 0 Å². The van der Waals surface area contributed by atoms with Crippen LogP contribution < -0.4 is 10.1 Å². The Balaban J connectivity index is 1.71. The van der Waals surface area contributed by atoms with Crippen LogP contribution in [-0.4, -0.2) is 33.0 Å². The van der Waals surface area contributed by atoms with Crippen molar-refractivity contribution in [2.24, 2.45) is 0 Å². The maximum atomic E-state index is 12.3. The van der Waals surface area contributed by atoms with E-state index in [2.05, 4.69) is 26.8 Å². The minimum absolute atomic E-state index is 0.0504. The molecule has 6 nitrogen and oxygen atoms in total. The van der Waals surface area contributed by atoms with Crippen LogP contribution in [0.4, 0.5) is 14.5 Å². The zero-order valence-electron chi connectivity index (χ0n) is 15.6. The van der Waals surface area contributed by atoms with Gasteiger partial charge in [-0.1, -0.05) is 41.6 Å². The van der Waals surface area contributed by atoms with Crippen LogP contribution in [-0.2, 0) is 11.3 Å². The molecule has 1 heterocycles. The number of nitrogens with zero attached hydrogens (tertiary/aromatic N) is 3. The standard InChI is InChI=1S/C20H17ClF2N4O2S/c1-2-11-27-18(13-7-9-14(10-8-13)29-19(22)23)25-26-20(27)30-12-17(28)24-16-6-4-3-5-15(16)21/h2-10,19H,1,11-12H2,(H,24,28). The molecule has 0 atom stereocenters. The number of halogens is 3. The fourth-order valence-corrected chi connectivity index (χ4v) is 3.50. The lowest BCUT2D eigenvalue weighted by Gasteiger charge is -2.09. The van der Waals surface area contributed by atoms with E-state index in [0.717, 1.165) is 0 Å². The van der Waals surface area contributed by atoms with Gasteiger partial charge in [-0.05, 0) is 36.4 Å². The number of amides is 1. The second-order valence-electron chi connectivity index (χ2n) is 5.93. The summed E-state index contributed by atoms with van der Waals surface area (Å²) in [6.45, 7) is 1.26. The number of aromatic nitrogens is 3. The second kappa shape index (κ2) is 10.2. The molecule has 10 heteroatoms. The Morgan fingerprint density at radius 1 is 1.23 bits per heavy atom. The van der Waals surface area contributed by atoms with Gasteiger partial charge in [0.25, 0.3) is 0 Å². The van der Waals surface area contributed by atoms with Gasteiger partial charge in [-0.2, -0.15) is 8.78 Å². The largest absolute Gasteiger partial charge is 0.435 e. The molecule has 0 aliphatic carbocycles. The van der Waals surface area contributed by atoms with Crippen LogP contribution in [0, 0.1) is 0 Å². The van der Waals surface area contributed by atoms with Gasteiger partial charge in [0.1, 0.15) is 5.75 Å². The zero-order chi connectivity index (χ0) is 21.5. The van der Waals surface area contributed by atoms with E-state index in [1.165, 1.54) is 23.9 Å². The maximum Gasteiger partial charge on any atom is 0.387 e. The molecular weight excluding hydrogens is 434 g/mol. The highest BCUT2D eigenvalue weighted by Gasteiger charge is 2.16. The van der Waals surface area contributed by atoms with Crippen molar-refractivity contribution in [1.29, 1.82) is 0 Å². The van der Waals surface area contributed by atoms with Gasteiger partial charge in [-0.25, -0.2) is 0 Å². The number of carbonyl (C=O) groups is 1. The lowest BCUT2D eigenvalue weighted by molar-refractivity contribution is -0.113. The van der Waals surface area contributed by atoms with Crippen LogP contribution in [0.15, 0.2) is 66.3 Å². The number of ether oxygens (including phenoxy) is 1. The Kier molecular flexibility index (Phi) is 7.42. The van der Waals surface area contributed by atoms with Crippen molar-refractivity contribution in [3.8, 4) is 17.1 Å². The van der Waals surface area contributed by atoms with Gasteiger partial charge >= 0.3 is 6.61 Å². The molecule has 0 bridgehead atoms. The summed E-state index contributed by atoms with van der Waals surface area (Å²) in [4.78, 5) is 12.3. The summed E-state index contributed by atoms with van der Waals surface area (Å²) in [6, 6.07) is 13.0. The number of benzene rings is 2. The summed E-state index contributed by atoms with van der Waals surface area (Å²) < 4.78 is 30.8. The number of para-hydroxylation sites is 1. The third kappa shape index (κ3) is 5.58. The van der Waals surface area contributed by atoms with Crippen LogP contribution in [0.2, 0.25) is 5.02 Å². The molecule has 0 spiro atoms. The van der Waals surface area contributed by atoms with E-state index >= 15 is 0 Å². The monoisotopic (exact) mass is 450 g/mol. The number of carbonyl (C=O) groups excluding carboxylic acids is 1. The van der Waals surface area contributed by atoms with E-state index in [-0.39, 0.29) is 17.4 Å². The molecule has 0 aliphatic heterocycles. The third-order valence-corrected chi connectivity index (χ3v) is 5.14. The van der Waals surface area contributed by atoms with Gasteiger partial charge in [0.05, 0.1) is 16.5 Å². The minimum Gasteiger partial charge on any atom is -0.435 e. The zero-order valence-corrected chi connectivity index (χ0v) is 17.2. The smallest absolute Gasteiger partial charge is 0.387 e. The molecule has 1 N–H and O–H groups in total. The summed E-state index contributed by atoms with van der Waals surface area (Å²) in [5.41, 5.74) is 1.20. The Morgan fingerprint density at radius 3 is 2.63 bits per heavy atom. The van der Waals surface area contributed by atoms with Crippen molar-refractivity contribution >= 4 is 35.0 Å². The molecule has 30 heavy (non-hydrogen) atoms. The molecule has 1 aromatic heterocycles. The quantitative estimate of drug-likeness (QED) is 0.362. The fraction of sp³-hybridized carbons (Fsp3) is 0.150. The van der Waals surface area contributed by atoms with Crippen molar-refractivity contribution in [1.82, 2.24) is 14.8 Å². The van der Waals surface area contributed by atoms with Crippen LogP contribution in [0.5, 0.6) is 5.75 Å². The highest BCUT2D eigenvalue weighted by atomic mass is 35.5. The van der Waals surface area contributed by atoms with Crippen molar-refractivity contribution in [2.75, 3.05) is 11.1 Å². The predicted molar refractivity (Wildman–Crippen MR) is 113 cm³/mol. The summed E-state index contributed by atoms with van der Waals surface area (Å²) in [6.07, 6.45) is 1.68. The number of nitrogens with one attached hydrogen (secondary N) is 1. The normalized spacial score (nSPS) is 10.8. The molecule has 0 saturated carbocycles. The Morgan fingerprint density at radius 2 is 1.97 bits per heavy atom. The first-order valence-electron chi connectivity index (χ1n) is 8.74. The molecular formula is C20H17ClF2N4O2S. The Hall–Kier alpha value is -2.91. The summed E-state index contributed by atoms with van der Waals surface area (Å²) in [7, 11) is 0. The fourth-order valence-electron chi connectivity index (χ4n) is 2.57. The number of thioether (sulfide) groups is 1. The first-order chi connectivity index (χ1) is 14.5. The van der Waals surface area contributed by atoms with Crippen molar-refractivity contribution < 1.29 is 18.3 Å². The first-order valence-corrected chi connectivity index (χ1v) is 10.1. The molecule has 0 radical (unpaired) electrons. The number of allylic oxidation sites excluding steroid dienone is 1. The van der Waals surface area contributed by atoms with Gasteiger partial charge in [0.2, 0.25) is 5.91 Å². The SMILES string of the molecule is C=CCn1c(SCC(=O)Nc2ccccc2Cl)nnc1-c1ccc(OC(F)F)cc1. The van der Waals surface area contributed by atoms with E-state index in [0.29, 0.717) is 33.8 Å². The van der Waals surface area contributed by atoms with Gasteiger partial charge in [-0.3, -0.25) is 9.36 Å². The van der Waals surface area contributed by atoms with Gasteiger partial charge in [0, 0.05) is 12.1 Å². The molecule has 3 aromatic rings. The second-order valence-corrected chi connectivity index (χ2v) is 7.27. The number of hydrogen-bond acceptors (Lipinski definition) is 5. The molecule has 2 aromatic carbocycles. The number of rotatable bonds is 9. The van der Waals surface area contributed by atoms with E-state index in [1.807, 2.05) is 0 Å². The summed E-state index contributed by atoms with van der Waals surface area (Å²) >= 11 is 7.26. The minimum atomic E-state index is -2.89. The van der Waals surface area contributed by atoms with Gasteiger partial charge in [-0.15, -0.1) is 16.8 Å². The Bertz CT molecular complexity index is 1030. The summed E-state index contributed by atoms with van der Waals surface area (Å²) in [5, 5.41) is 12.0.